The number of rotatable bonds is 3. The van der Waals surface area contributed by atoms with Crippen molar-refractivity contribution >= 4 is 11.9 Å². The largest absolute Gasteiger partial charge is 0.393 e. The third-order valence-electron chi connectivity index (χ3n) is 3.83. The second-order valence-electron chi connectivity index (χ2n) is 5.13. The lowest BCUT2D eigenvalue weighted by Crippen LogP contribution is -2.45. The number of likely N-dealkylation sites (tertiary alicyclic amines) is 1. The fourth-order valence-corrected chi connectivity index (χ4v) is 2.58. The zero-order chi connectivity index (χ0) is 13.1. The Bertz CT molecular complexity index is 325. The van der Waals surface area contributed by atoms with Gasteiger partial charge in [-0.3, -0.25) is 14.6 Å². The molecule has 0 aromatic heterocycles. The van der Waals surface area contributed by atoms with E-state index in [4.69, 9.17) is 0 Å². The Labute approximate surface area is 107 Å². The van der Waals surface area contributed by atoms with E-state index >= 15 is 0 Å². The molecule has 1 unspecified atom stereocenters. The molecule has 1 atom stereocenters. The molecule has 2 rings (SSSR count). The topological polar surface area (TPSA) is 72.9 Å². The third-order valence-corrected chi connectivity index (χ3v) is 3.83. The zero-order valence-electron chi connectivity index (χ0n) is 10.8. The van der Waals surface area contributed by atoms with Gasteiger partial charge in [-0.25, -0.2) is 4.79 Å². The van der Waals surface area contributed by atoms with Crippen molar-refractivity contribution in [3.8, 4) is 0 Å². The number of piperidine rings is 1. The Morgan fingerprint density at radius 2 is 2.11 bits per heavy atom. The van der Waals surface area contributed by atoms with Crippen LogP contribution in [-0.4, -0.2) is 65.7 Å². The predicted octanol–water partition coefficient (Wildman–Crippen LogP) is -0.369. The number of carbonyl (C=O) groups is 2. The van der Waals surface area contributed by atoms with Gasteiger partial charge < -0.3 is 10.4 Å². The van der Waals surface area contributed by atoms with Gasteiger partial charge in [0.05, 0.1) is 12.6 Å². The SMILES string of the molecule is CC(O)C1CCN(CC(=O)N2CCNC2=O)CC1. The number of aliphatic hydroxyl groups is 1. The maximum atomic E-state index is 11.9. The van der Waals surface area contributed by atoms with Gasteiger partial charge in [0.2, 0.25) is 5.91 Å². The normalized spacial score (nSPS) is 24.1. The summed E-state index contributed by atoms with van der Waals surface area (Å²) in [6, 6.07) is -0.279. The van der Waals surface area contributed by atoms with Crippen molar-refractivity contribution in [3.05, 3.63) is 0 Å². The first-order valence-corrected chi connectivity index (χ1v) is 6.56. The Kier molecular flexibility index (Phi) is 4.19. The van der Waals surface area contributed by atoms with E-state index in [-0.39, 0.29) is 18.0 Å². The molecule has 0 aliphatic carbocycles. The average Bonchev–Trinajstić information content (AvgIpc) is 2.76. The smallest absolute Gasteiger partial charge is 0.324 e. The van der Waals surface area contributed by atoms with E-state index in [2.05, 4.69) is 10.2 Å². The Morgan fingerprint density at radius 3 is 2.61 bits per heavy atom. The lowest BCUT2D eigenvalue weighted by atomic mass is 9.92. The Morgan fingerprint density at radius 1 is 1.44 bits per heavy atom. The van der Waals surface area contributed by atoms with E-state index in [0.29, 0.717) is 25.6 Å². The van der Waals surface area contributed by atoms with Crippen LogP contribution in [0.2, 0.25) is 0 Å². The Hall–Kier alpha value is -1.14. The molecule has 6 nitrogen and oxygen atoms in total. The van der Waals surface area contributed by atoms with Crippen LogP contribution in [0, 0.1) is 5.92 Å². The molecular formula is C12H21N3O3. The first-order valence-electron chi connectivity index (χ1n) is 6.56. The fraction of sp³-hybridized carbons (Fsp3) is 0.833. The van der Waals surface area contributed by atoms with Crippen LogP contribution in [-0.2, 0) is 4.79 Å². The van der Waals surface area contributed by atoms with E-state index in [1.54, 1.807) is 0 Å². The minimum absolute atomic E-state index is 0.125. The van der Waals surface area contributed by atoms with Crippen LogP contribution in [0.4, 0.5) is 4.79 Å². The molecule has 2 fully saturated rings. The van der Waals surface area contributed by atoms with Crippen molar-refractivity contribution in [2.75, 3.05) is 32.7 Å². The summed E-state index contributed by atoms with van der Waals surface area (Å²) in [4.78, 5) is 26.6. The van der Waals surface area contributed by atoms with E-state index in [1.165, 1.54) is 4.90 Å². The minimum Gasteiger partial charge on any atom is -0.393 e. The van der Waals surface area contributed by atoms with Crippen LogP contribution < -0.4 is 5.32 Å². The van der Waals surface area contributed by atoms with Gasteiger partial charge in [0.1, 0.15) is 0 Å². The number of amides is 3. The molecule has 0 aromatic rings. The van der Waals surface area contributed by atoms with Crippen molar-refractivity contribution in [1.29, 1.82) is 0 Å². The highest BCUT2D eigenvalue weighted by Crippen LogP contribution is 2.20. The highest BCUT2D eigenvalue weighted by Gasteiger charge is 2.29. The lowest BCUT2D eigenvalue weighted by Gasteiger charge is -2.33. The fourth-order valence-electron chi connectivity index (χ4n) is 2.58. The molecular weight excluding hydrogens is 234 g/mol. The maximum Gasteiger partial charge on any atom is 0.324 e. The number of nitrogens with zero attached hydrogens (tertiary/aromatic N) is 2. The van der Waals surface area contributed by atoms with E-state index in [9.17, 15) is 14.7 Å². The summed E-state index contributed by atoms with van der Waals surface area (Å²) in [7, 11) is 0. The molecule has 0 spiro atoms. The zero-order valence-corrected chi connectivity index (χ0v) is 10.8. The van der Waals surface area contributed by atoms with Crippen molar-refractivity contribution < 1.29 is 14.7 Å². The van der Waals surface area contributed by atoms with Gasteiger partial charge in [0.15, 0.2) is 0 Å². The van der Waals surface area contributed by atoms with Crippen LogP contribution in [0.5, 0.6) is 0 Å². The molecule has 0 bridgehead atoms. The second kappa shape index (κ2) is 5.67. The summed E-state index contributed by atoms with van der Waals surface area (Å²) in [5, 5.41) is 12.1. The van der Waals surface area contributed by atoms with Crippen molar-refractivity contribution in [3.63, 3.8) is 0 Å². The molecule has 2 heterocycles. The number of carbonyl (C=O) groups excluding carboxylic acids is 2. The molecule has 2 aliphatic rings. The molecule has 6 heteroatoms. The van der Waals surface area contributed by atoms with Crippen LogP contribution >= 0.6 is 0 Å². The molecule has 0 radical (unpaired) electrons. The van der Waals surface area contributed by atoms with E-state index < -0.39 is 0 Å². The molecule has 0 aromatic carbocycles. The lowest BCUT2D eigenvalue weighted by molar-refractivity contribution is -0.129. The summed E-state index contributed by atoms with van der Waals surface area (Å²) in [6.07, 6.45) is 1.56. The minimum atomic E-state index is -0.279. The molecule has 3 amide bonds. The summed E-state index contributed by atoms with van der Waals surface area (Å²) in [5.74, 6) is 0.215. The number of nitrogens with one attached hydrogen (secondary N) is 1. The summed E-state index contributed by atoms with van der Waals surface area (Å²) < 4.78 is 0. The van der Waals surface area contributed by atoms with Crippen LogP contribution in [0.1, 0.15) is 19.8 Å². The van der Waals surface area contributed by atoms with Crippen LogP contribution in [0.15, 0.2) is 0 Å². The maximum absolute atomic E-state index is 11.9. The van der Waals surface area contributed by atoms with Crippen molar-refractivity contribution in [2.45, 2.75) is 25.9 Å². The summed E-state index contributed by atoms with van der Waals surface area (Å²) >= 11 is 0. The third kappa shape index (κ3) is 3.00. The van der Waals surface area contributed by atoms with Crippen LogP contribution in [0.25, 0.3) is 0 Å². The average molecular weight is 255 g/mol. The number of imide groups is 1. The van der Waals surface area contributed by atoms with Gasteiger partial charge in [-0.2, -0.15) is 0 Å². The molecule has 18 heavy (non-hydrogen) atoms. The van der Waals surface area contributed by atoms with Gasteiger partial charge in [-0.15, -0.1) is 0 Å². The molecule has 0 saturated carbocycles. The van der Waals surface area contributed by atoms with Gasteiger partial charge in [-0.05, 0) is 38.8 Å². The molecule has 102 valence electrons. The number of aliphatic hydroxyl groups excluding tert-OH is 1. The monoisotopic (exact) mass is 255 g/mol. The first kappa shape index (κ1) is 13.3. The first-order chi connectivity index (χ1) is 8.58. The van der Waals surface area contributed by atoms with Gasteiger partial charge in [0, 0.05) is 13.1 Å². The Balaban J connectivity index is 1.77. The standard InChI is InChI=1S/C12H21N3O3/c1-9(16)10-2-5-14(6-3-10)8-11(17)15-7-4-13-12(15)18/h9-10,16H,2-8H2,1H3,(H,13,18). The quantitative estimate of drug-likeness (QED) is 0.722. The van der Waals surface area contributed by atoms with Crippen molar-refractivity contribution in [2.24, 2.45) is 5.92 Å². The van der Waals surface area contributed by atoms with Gasteiger partial charge in [-0.1, -0.05) is 0 Å². The second-order valence-corrected chi connectivity index (χ2v) is 5.13. The highest BCUT2D eigenvalue weighted by molar-refractivity contribution is 5.96. The predicted molar refractivity (Wildman–Crippen MR) is 66.0 cm³/mol. The number of urea groups is 1. The summed E-state index contributed by atoms with van der Waals surface area (Å²) in [6.45, 7) is 4.78. The summed E-state index contributed by atoms with van der Waals surface area (Å²) in [5.41, 5.74) is 0. The van der Waals surface area contributed by atoms with Gasteiger partial charge >= 0.3 is 6.03 Å². The van der Waals surface area contributed by atoms with Gasteiger partial charge in [0.25, 0.3) is 0 Å². The highest BCUT2D eigenvalue weighted by atomic mass is 16.3. The van der Waals surface area contributed by atoms with Crippen molar-refractivity contribution in [1.82, 2.24) is 15.1 Å². The number of hydrogen-bond donors (Lipinski definition) is 2. The number of hydrogen-bond acceptors (Lipinski definition) is 4. The molecule has 2 aliphatic heterocycles. The van der Waals surface area contributed by atoms with Crippen LogP contribution in [0.3, 0.4) is 0 Å². The van der Waals surface area contributed by atoms with E-state index in [1.807, 2.05) is 6.92 Å². The van der Waals surface area contributed by atoms with E-state index in [0.717, 1.165) is 25.9 Å². The molecule has 2 N–H and O–H groups in total. The molecule has 2 saturated heterocycles.